The Bertz CT molecular complexity index is 2330. The number of nitrogens with one attached hydrogen (secondary N) is 1. The molecule has 2 saturated carbocycles. The van der Waals surface area contributed by atoms with Crippen molar-refractivity contribution < 1.29 is 22.7 Å². The number of piperazine rings is 1. The molecule has 2 aromatic heterocycles. The monoisotopic (exact) mass is 778 g/mol. The molecule has 4 fully saturated rings. The summed E-state index contributed by atoms with van der Waals surface area (Å²) in [6, 6.07) is 13.5. The summed E-state index contributed by atoms with van der Waals surface area (Å²) in [5.74, 6) is 0.645. The molecule has 2 amide bonds. The topological polar surface area (TPSA) is 119 Å². The molecule has 0 radical (unpaired) electrons. The number of carbonyl (C=O) groups is 2. The molecule has 2 atom stereocenters. The number of nitrogens with zero attached hydrogens (tertiary/aromatic N) is 5. The third kappa shape index (κ3) is 6.46. The summed E-state index contributed by atoms with van der Waals surface area (Å²) in [4.78, 5) is 32.4. The van der Waals surface area contributed by atoms with Crippen LogP contribution in [0.2, 0.25) is 0 Å². The lowest BCUT2D eigenvalue weighted by Crippen LogP contribution is -2.53. The number of carbonyl (C=O) groups excluding carboxylic acids is 2. The van der Waals surface area contributed by atoms with Crippen molar-refractivity contribution >= 4 is 44.4 Å². The number of likely N-dealkylation sites (tertiary alicyclic amines) is 1. The zero-order chi connectivity index (χ0) is 38.9. The van der Waals surface area contributed by atoms with Crippen LogP contribution in [0.4, 0.5) is 0 Å². The van der Waals surface area contributed by atoms with Crippen LogP contribution in [0.1, 0.15) is 123 Å². The Labute approximate surface area is 330 Å². The lowest BCUT2D eigenvalue weighted by Gasteiger charge is -2.39. The van der Waals surface area contributed by atoms with Crippen LogP contribution in [-0.2, 0) is 27.8 Å². The Morgan fingerprint density at radius 3 is 2.34 bits per heavy atom. The maximum absolute atomic E-state index is 14.7. The maximum Gasteiger partial charge on any atom is 0.257 e. The number of benzene rings is 2. The van der Waals surface area contributed by atoms with Crippen LogP contribution in [0.3, 0.4) is 0 Å². The predicted octanol–water partition coefficient (Wildman–Crippen LogP) is 7.16. The molecule has 56 heavy (non-hydrogen) atoms. The molecule has 12 heteroatoms. The number of amides is 2. The van der Waals surface area contributed by atoms with E-state index in [1.807, 2.05) is 18.3 Å². The first kappa shape index (κ1) is 37.2. The molecule has 2 aromatic carbocycles. The Morgan fingerprint density at radius 1 is 0.911 bits per heavy atom. The molecular weight excluding hydrogens is 725 g/mol. The number of allylic oxidation sites excluding steroid dienone is 1. The van der Waals surface area contributed by atoms with Gasteiger partial charge in [-0.15, -0.1) is 0 Å². The lowest BCUT2D eigenvalue weighted by molar-refractivity contribution is -0.118. The van der Waals surface area contributed by atoms with Crippen LogP contribution in [0, 0.1) is 0 Å². The molecule has 5 heterocycles. The highest BCUT2D eigenvalue weighted by Gasteiger charge is 2.41. The minimum Gasteiger partial charge on any atom is -0.497 e. The number of rotatable bonds is 9. The van der Waals surface area contributed by atoms with E-state index in [-0.39, 0.29) is 18.4 Å². The van der Waals surface area contributed by atoms with E-state index in [1.54, 1.807) is 21.0 Å². The number of hydrogen-bond acceptors (Lipinski definition) is 7. The van der Waals surface area contributed by atoms with Gasteiger partial charge < -0.3 is 14.2 Å². The highest BCUT2D eigenvalue weighted by Crippen LogP contribution is 2.48. The van der Waals surface area contributed by atoms with Gasteiger partial charge in [0, 0.05) is 41.6 Å². The van der Waals surface area contributed by atoms with Crippen molar-refractivity contribution in [2.24, 2.45) is 0 Å². The Kier molecular flexibility index (Phi) is 9.63. The highest BCUT2D eigenvalue weighted by molar-refractivity contribution is 7.90. The largest absolute Gasteiger partial charge is 0.497 e. The lowest BCUT2D eigenvalue weighted by atomic mass is 9.81. The summed E-state index contributed by atoms with van der Waals surface area (Å²) < 4.78 is 37.8. The first-order valence-electron chi connectivity index (χ1n) is 20.7. The quantitative estimate of drug-likeness (QED) is 0.192. The molecule has 1 N–H and O–H groups in total. The fraction of sp³-hybridized carbons (Fsp3) is 0.523. The standard InChI is InChI=1S/C44H54N6O5S/c1-27(2)56(53,54)46-40(51)20-28-13-17-37-39(19-28)49-24-31(21-30-22-35(55-4)16-18-36(30)43(49)41(37)29-9-6-5-7-10-29)42-38(23-45-50(42)32-11-8-12-32)44(52)48-25-33-14-15-34(26-48)47(33)3/h13,16-19,21-23,27,29,32-34H,5-12,14-15,20,24-26H2,1-4H3,(H,46,51). The number of aromatic nitrogens is 3. The third-order valence-electron chi connectivity index (χ3n) is 13.5. The van der Waals surface area contributed by atoms with E-state index in [1.165, 1.54) is 24.8 Å². The summed E-state index contributed by atoms with van der Waals surface area (Å²) in [5, 5.41) is 5.44. The van der Waals surface area contributed by atoms with Gasteiger partial charge in [0.2, 0.25) is 15.9 Å². The number of sulfonamides is 1. The summed E-state index contributed by atoms with van der Waals surface area (Å²) in [6.07, 6.45) is 15.3. The van der Waals surface area contributed by atoms with Crippen molar-refractivity contribution in [3.63, 3.8) is 0 Å². The average molecular weight is 779 g/mol. The second-order valence-electron chi connectivity index (χ2n) is 17.2. The van der Waals surface area contributed by atoms with Gasteiger partial charge in [0.05, 0.1) is 54.5 Å². The number of likely N-dealkylation sites (N-methyl/N-ethyl adjacent to an activating group) is 1. The average Bonchev–Trinajstić information content (AvgIpc) is 3.72. The molecule has 2 unspecified atom stereocenters. The third-order valence-corrected chi connectivity index (χ3v) is 15.2. The van der Waals surface area contributed by atoms with E-state index in [2.05, 4.69) is 61.2 Å². The fourth-order valence-corrected chi connectivity index (χ4v) is 10.7. The van der Waals surface area contributed by atoms with E-state index >= 15 is 0 Å². The first-order valence-corrected chi connectivity index (χ1v) is 22.2. The van der Waals surface area contributed by atoms with Crippen LogP contribution >= 0.6 is 0 Å². The molecule has 11 nitrogen and oxygen atoms in total. The second kappa shape index (κ2) is 14.5. The molecule has 4 aromatic rings. The van der Waals surface area contributed by atoms with Gasteiger partial charge >= 0.3 is 0 Å². The smallest absolute Gasteiger partial charge is 0.257 e. The van der Waals surface area contributed by atoms with E-state index in [9.17, 15) is 18.0 Å². The molecule has 2 aliphatic carbocycles. The van der Waals surface area contributed by atoms with E-state index in [0.717, 1.165) is 108 Å². The molecule has 5 aliphatic rings. The zero-order valence-electron chi connectivity index (χ0n) is 33.1. The highest BCUT2D eigenvalue weighted by atomic mass is 32.2. The number of ether oxygens (including phenoxy) is 1. The van der Waals surface area contributed by atoms with E-state index in [4.69, 9.17) is 9.84 Å². The van der Waals surface area contributed by atoms with Gasteiger partial charge in [-0.1, -0.05) is 31.4 Å². The van der Waals surface area contributed by atoms with Crippen molar-refractivity contribution in [1.29, 1.82) is 0 Å². The molecule has 3 aliphatic heterocycles. The first-order chi connectivity index (χ1) is 27.0. The SMILES string of the molecule is COc1ccc2c(c1)C=C(c1c(C(=O)N3CC4CCC(C3)N4C)cnn1C1CCC1)Cn1c-2c(C2CCCCC2)c2ccc(CC(=O)NS(=O)(=O)C(C)C)cc21. The van der Waals surface area contributed by atoms with Crippen molar-refractivity contribution in [2.75, 3.05) is 27.2 Å². The van der Waals surface area contributed by atoms with Gasteiger partial charge in [0.25, 0.3) is 5.91 Å². The summed E-state index contributed by atoms with van der Waals surface area (Å²) in [6.45, 7) is 5.08. The molecule has 9 rings (SSSR count). The predicted molar refractivity (Wildman–Crippen MR) is 219 cm³/mol. The van der Waals surface area contributed by atoms with Gasteiger partial charge in [-0.25, -0.2) is 8.42 Å². The van der Waals surface area contributed by atoms with Crippen molar-refractivity contribution in [3.8, 4) is 17.0 Å². The Morgan fingerprint density at radius 2 is 1.66 bits per heavy atom. The van der Waals surface area contributed by atoms with Crippen molar-refractivity contribution in [3.05, 3.63) is 70.5 Å². The van der Waals surface area contributed by atoms with Crippen LogP contribution in [0.25, 0.3) is 33.8 Å². The summed E-state index contributed by atoms with van der Waals surface area (Å²) in [7, 11) is 0.131. The number of methoxy groups -OCH3 is 1. The fourth-order valence-electron chi connectivity index (χ4n) is 10.0. The number of fused-ring (bicyclic) bond motifs is 7. The van der Waals surface area contributed by atoms with E-state index < -0.39 is 21.2 Å². The molecular formula is C44H54N6O5S. The molecule has 296 valence electrons. The van der Waals surface area contributed by atoms with Gasteiger partial charge in [-0.05, 0) is 124 Å². The van der Waals surface area contributed by atoms with Gasteiger partial charge in [0.15, 0.2) is 0 Å². The van der Waals surface area contributed by atoms with Gasteiger partial charge in [-0.2, -0.15) is 5.10 Å². The van der Waals surface area contributed by atoms with Crippen LogP contribution in [0.15, 0.2) is 42.6 Å². The molecule has 2 saturated heterocycles. The maximum atomic E-state index is 14.7. The van der Waals surface area contributed by atoms with Crippen molar-refractivity contribution in [2.45, 2.75) is 120 Å². The van der Waals surface area contributed by atoms with Crippen molar-refractivity contribution in [1.82, 2.24) is 28.9 Å². The van der Waals surface area contributed by atoms with E-state index in [0.29, 0.717) is 30.1 Å². The Hall–Kier alpha value is -4.42. The summed E-state index contributed by atoms with van der Waals surface area (Å²) >= 11 is 0. The normalized spacial score (nSPS) is 21.7. The van der Waals surface area contributed by atoms with Gasteiger partial charge in [0.1, 0.15) is 5.75 Å². The number of hydrogen-bond donors (Lipinski definition) is 1. The summed E-state index contributed by atoms with van der Waals surface area (Å²) in [5.41, 5.74) is 8.96. The van der Waals surface area contributed by atoms with Gasteiger partial charge in [-0.3, -0.25) is 23.9 Å². The van der Waals surface area contributed by atoms with Crippen LogP contribution in [0.5, 0.6) is 5.75 Å². The van der Waals surface area contributed by atoms with Crippen LogP contribution in [-0.4, -0.2) is 89.0 Å². The second-order valence-corrected chi connectivity index (χ2v) is 19.4. The minimum absolute atomic E-state index is 0.0525. The Balaban J connectivity index is 1.21. The van der Waals surface area contributed by atoms with Crippen LogP contribution < -0.4 is 9.46 Å². The minimum atomic E-state index is -3.76. The molecule has 0 spiro atoms. The molecule has 2 bridgehead atoms. The zero-order valence-corrected chi connectivity index (χ0v) is 33.9.